The molecule has 2 amide bonds. The van der Waals surface area contributed by atoms with Gasteiger partial charge in [0.25, 0.3) is 5.91 Å². The minimum Gasteiger partial charge on any atom is -0.382 e. The second kappa shape index (κ2) is 8.43. The molecule has 154 valence electrons. The Balaban J connectivity index is 1.54. The highest BCUT2D eigenvalue weighted by Gasteiger charge is 2.33. The maximum Gasteiger partial charge on any atom is 0.418 e. The lowest BCUT2D eigenvalue weighted by molar-refractivity contribution is -0.137. The van der Waals surface area contributed by atoms with Gasteiger partial charge in [-0.25, -0.2) is 9.97 Å². The van der Waals surface area contributed by atoms with E-state index >= 15 is 0 Å². The van der Waals surface area contributed by atoms with Crippen LogP contribution in [0.25, 0.3) is 0 Å². The summed E-state index contributed by atoms with van der Waals surface area (Å²) in [5.74, 6) is -0.860. The van der Waals surface area contributed by atoms with Crippen LogP contribution in [-0.4, -0.2) is 64.3 Å². The summed E-state index contributed by atoms with van der Waals surface area (Å²) in [6, 6.07) is 4.81. The Morgan fingerprint density at radius 2 is 1.72 bits per heavy atom. The topological polar surface area (TPSA) is 104 Å². The van der Waals surface area contributed by atoms with Gasteiger partial charge in [0.1, 0.15) is 0 Å². The maximum absolute atomic E-state index is 13.0. The third kappa shape index (κ3) is 4.99. The highest BCUT2D eigenvalue weighted by Crippen LogP contribution is 2.34. The molecule has 29 heavy (non-hydrogen) atoms. The predicted octanol–water partition coefficient (Wildman–Crippen LogP) is 1.47. The zero-order chi connectivity index (χ0) is 21.0. The number of halogens is 3. The van der Waals surface area contributed by atoms with Crippen molar-refractivity contribution in [3.05, 3.63) is 47.9 Å². The molecule has 0 saturated carbocycles. The van der Waals surface area contributed by atoms with Gasteiger partial charge in [-0.15, -0.1) is 0 Å². The van der Waals surface area contributed by atoms with Crippen LogP contribution in [0.2, 0.25) is 0 Å². The van der Waals surface area contributed by atoms with Crippen LogP contribution < -0.4 is 11.1 Å². The molecule has 1 aromatic heterocycles. The lowest BCUT2D eigenvalue weighted by Crippen LogP contribution is -2.50. The van der Waals surface area contributed by atoms with Crippen molar-refractivity contribution in [2.24, 2.45) is 0 Å². The molecule has 3 rings (SSSR count). The summed E-state index contributed by atoms with van der Waals surface area (Å²) < 4.78 is 39.1. The molecule has 2 aromatic rings. The van der Waals surface area contributed by atoms with Crippen molar-refractivity contribution in [3.8, 4) is 0 Å². The van der Waals surface area contributed by atoms with Crippen LogP contribution in [-0.2, 0) is 11.0 Å². The van der Waals surface area contributed by atoms with E-state index in [1.54, 1.807) is 9.80 Å². The van der Waals surface area contributed by atoms with Crippen LogP contribution in [0.15, 0.2) is 36.7 Å². The number of aromatic nitrogens is 2. The van der Waals surface area contributed by atoms with Crippen molar-refractivity contribution in [1.82, 2.24) is 19.8 Å². The molecule has 0 spiro atoms. The second-order valence-corrected chi connectivity index (χ2v) is 6.45. The number of para-hydroxylation sites is 1. The van der Waals surface area contributed by atoms with Crippen molar-refractivity contribution >= 4 is 23.3 Å². The molecule has 3 N–H and O–H groups in total. The SMILES string of the molecule is Nc1nccnc1C(=O)N1CCN(CC(=O)Nc2ccccc2C(F)(F)F)CC1. The largest absolute Gasteiger partial charge is 0.418 e. The monoisotopic (exact) mass is 408 g/mol. The zero-order valence-corrected chi connectivity index (χ0v) is 15.3. The van der Waals surface area contributed by atoms with E-state index in [2.05, 4.69) is 15.3 Å². The molecule has 0 radical (unpaired) electrons. The number of nitrogens with one attached hydrogen (secondary N) is 1. The Kier molecular flexibility index (Phi) is 5.97. The van der Waals surface area contributed by atoms with Crippen molar-refractivity contribution in [2.45, 2.75) is 6.18 Å². The normalized spacial score (nSPS) is 15.2. The summed E-state index contributed by atoms with van der Waals surface area (Å²) in [5, 5.41) is 2.32. The Labute approximate surface area is 164 Å². The summed E-state index contributed by atoms with van der Waals surface area (Å²) in [4.78, 5) is 35.8. The first-order chi connectivity index (χ1) is 13.8. The molecule has 2 heterocycles. The average Bonchev–Trinajstić information content (AvgIpc) is 2.68. The van der Waals surface area contributed by atoms with Crippen LogP contribution in [0.4, 0.5) is 24.7 Å². The van der Waals surface area contributed by atoms with Gasteiger partial charge in [-0.05, 0) is 12.1 Å². The maximum atomic E-state index is 13.0. The zero-order valence-electron chi connectivity index (χ0n) is 15.3. The van der Waals surface area contributed by atoms with E-state index in [1.807, 2.05) is 0 Å². The number of carbonyl (C=O) groups is 2. The molecule has 0 bridgehead atoms. The number of alkyl halides is 3. The van der Waals surface area contributed by atoms with Gasteiger partial charge in [-0.1, -0.05) is 12.1 Å². The lowest BCUT2D eigenvalue weighted by Gasteiger charge is -2.34. The van der Waals surface area contributed by atoms with Gasteiger partial charge < -0.3 is 16.0 Å². The Bertz CT molecular complexity index is 897. The third-order valence-corrected chi connectivity index (χ3v) is 4.46. The number of nitrogens with two attached hydrogens (primary N) is 1. The van der Waals surface area contributed by atoms with E-state index in [0.717, 1.165) is 6.07 Å². The summed E-state index contributed by atoms with van der Waals surface area (Å²) in [6.45, 7) is 1.37. The molecule has 8 nitrogen and oxygen atoms in total. The van der Waals surface area contributed by atoms with Gasteiger partial charge in [0.05, 0.1) is 17.8 Å². The van der Waals surface area contributed by atoms with Crippen LogP contribution in [0, 0.1) is 0 Å². The number of carbonyl (C=O) groups excluding carboxylic acids is 2. The predicted molar refractivity (Wildman–Crippen MR) is 98.9 cm³/mol. The number of anilines is 2. The minimum absolute atomic E-state index is 0.0441. The average molecular weight is 408 g/mol. The van der Waals surface area contributed by atoms with Gasteiger partial charge in [0, 0.05) is 38.6 Å². The molecule has 0 aliphatic carbocycles. The van der Waals surface area contributed by atoms with E-state index in [0.29, 0.717) is 26.2 Å². The van der Waals surface area contributed by atoms with E-state index in [1.165, 1.54) is 30.6 Å². The van der Waals surface area contributed by atoms with Crippen molar-refractivity contribution in [2.75, 3.05) is 43.8 Å². The highest BCUT2D eigenvalue weighted by molar-refractivity contribution is 5.96. The van der Waals surface area contributed by atoms with Gasteiger partial charge in [-0.2, -0.15) is 13.2 Å². The fourth-order valence-corrected chi connectivity index (χ4v) is 3.00. The van der Waals surface area contributed by atoms with Crippen molar-refractivity contribution < 1.29 is 22.8 Å². The van der Waals surface area contributed by atoms with E-state index < -0.39 is 17.6 Å². The molecular weight excluding hydrogens is 389 g/mol. The van der Waals surface area contributed by atoms with Gasteiger partial charge >= 0.3 is 6.18 Å². The van der Waals surface area contributed by atoms with Crippen molar-refractivity contribution in [1.29, 1.82) is 0 Å². The highest BCUT2D eigenvalue weighted by atomic mass is 19.4. The molecule has 1 aliphatic rings. The minimum atomic E-state index is -4.56. The van der Waals surface area contributed by atoms with Gasteiger partial charge in [0.15, 0.2) is 11.5 Å². The lowest BCUT2D eigenvalue weighted by atomic mass is 10.1. The number of hydrogen-bond donors (Lipinski definition) is 2. The number of nitrogen functional groups attached to an aromatic ring is 1. The fraction of sp³-hybridized carbons (Fsp3) is 0.333. The molecule has 0 unspecified atom stereocenters. The standard InChI is InChI=1S/C18H19F3N6O2/c19-18(20,21)12-3-1-2-4-13(12)25-14(28)11-26-7-9-27(10-8-26)17(29)15-16(22)24-6-5-23-15/h1-6H,7-11H2,(H2,22,24)(H,25,28). The van der Waals surface area contributed by atoms with Crippen molar-refractivity contribution in [3.63, 3.8) is 0 Å². The van der Waals surface area contributed by atoms with E-state index in [4.69, 9.17) is 5.73 Å². The van der Waals surface area contributed by atoms with Crippen LogP contribution in [0.3, 0.4) is 0 Å². The number of benzene rings is 1. The summed E-state index contributed by atoms with van der Waals surface area (Å²) >= 11 is 0. The molecule has 1 fully saturated rings. The van der Waals surface area contributed by atoms with Crippen LogP contribution in [0.1, 0.15) is 16.1 Å². The van der Waals surface area contributed by atoms with E-state index in [9.17, 15) is 22.8 Å². The molecular formula is C18H19F3N6O2. The first kappa shape index (κ1) is 20.5. The number of hydrogen-bond acceptors (Lipinski definition) is 6. The molecule has 1 aliphatic heterocycles. The van der Waals surface area contributed by atoms with Crippen LogP contribution >= 0.6 is 0 Å². The van der Waals surface area contributed by atoms with Gasteiger partial charge in [-0.3, -0.25) is 14.5 Å². The van der Waals surface area contributed by atoms with Crippen LogP contribution in [0.5, 0.6) is 0 Å². The second-order valence-electron chi connectivity index (χ2n) is 6.45. The summed E-state index contributed by atoms with van der Waals surface area (Å²) in [7, 11) is 0. The molecule has 0 atom stereocenters. The third-order valence-electron chi connectivity index (χ3n) is 4.46. The first-order valence-electron chi connectivity index (χ1n) is 8.80. The first-order valence-corrected chi connectivity index (χ1v) is 8.80. The molecule has 1 saturated heterocycles. The Morgan fingerprint density at radius 3 is 2.38 bits per heavy atom. The van der Waals surface area contributed by atoms with E-state index in [-0.39, 0.29) is 29.7 Å². The molecule has 1 aromatic carbocycles. The summed E-state index contributed by atoms with van der Waals surface area (Å²) in [5.41, 5.74) is 4.57. The number of piperazine rings is 1. The summed E-state index contributed by atoms with van der Waals surface area (Å²) in [6.07, 6.45) is -1.79. The Morgan fingerprint density at radius 1 is 1.07 bits per heavy atom. The molecule has 11 heteroatoms. The quantitative estimate of drug-likeness (QED) is 0.794. The number of nitrogens with zero attached hydrogens (tertiary/aromatic N) is 4. The van der Waals surface area contributed by atoms with Gasteiger partial charge in [0.2, 0.25) is 5.91 Å². The number of amides is 2. The number of rotatable bonds is 4. The fourth-order valence-electron chi connectivity index (χ4n) is 3.00. The Hall–Kier alpha value is -3.21. The smallest absolute Gasteiger partial charge is 0.382 e.